The third kappa shape index (κ3) is 2.77. The van der Waals surface area contributed by atoms with Crippen LogP contribution >= 0.6 is 0 Å². The molecule has 5 heteroatoms. The predicted molar refractivity (Wildman–Crippen MR) is 55.6 cm³/mol. The first kappa shape index (κ1) is 10.6. The molecule has 0 aromatic carbocycles. The van der Waals surface area contributed by atoms with Crippen LogP contribution in [0.1, 0.15) is 5.56 Å². The van der Waals surface area contributed by atoms with Crippen LogP contribution < -0.4 is 5.32 Å². The van der Waals surface area contributed by atoms with E-state index in [9.17, 15) is 5.11 Å². The predicted octanol–water partition coefficient (Wildman–Crippen LogP) is -0.459. The van der Waals surface area contributed by atoms with Crippen molar-refractivity contribution in [2.75, 3.05) is 19.8 Å². The molecule has 1 aromatic heterocycles. The van der Waals surface area contributed by atoms with Crippen LogP contribution in [0, 0.1) is 6.92 Å². The molecule has 1 aromatic rings. The van der Waals surface area contributed by atoms with Gasteiger partial charge in [-0.05, 0) is 12.5 Å². The smallest absolute Gasteiger partial charge is 0.0948 e. The van der Waals surface area contributed by atoms with Crippen LogP contribution in [0.2, 0.25) is 0 Å². The normalized spacial score (nSPS) is 26.0. The van der Waals surface area contributed by atoms with Crippen molar-refractivity contribution in [1.29, 1.82) is 0 Å². The average Bonchev–Trinajstić information content (AvgIpc) is 2.77. The minimum atomic E-state index is -0.371. The van der Waals surface area contributed by atoms with Gasteiger partial charge < -0.3 is 15.2 Å². The van der Waals surface area contributed by atoms with Crippen molar-refractivity contribution in [3.8, 4) is 0 Å². The lowest BCUT2D eigenvalue weighted by molar-refractivity contribution is 0.122. The van der Waals surface area contributed by atoms with E-state index in [-0.39, 0.29) is 12.1 Å². The Balaban J connectivity index is 1.70. The highest BCUT2D eigenvalue weighted by Crippen LogP contribution is 2.04. The number of aliphatic hydroxyl groups is 1. The van der Waals surface area contributed by atoms with Gasteiger partial charge in [0.15, 0.2) is 0 Å². The maximum atomic E-state index is 9.48. The Kier molecular flexibility index (Phi) is 3.35. The van der Waals surface area contributed by atoms with Crippen molar-refractivity contribution in [2.45, 2.75) is 25.6 Å². The molecule has 2 rings (SSSR count). The molecule has 0 aliphatic carbocycles. The molecule has 0 amide bonds. The van der Waals surface area contributed by atoms with E-state index in [4.69, 9.17) is 4.74 Å². The minimum Gasteiger partial charge on any atom is -0.389 e. The van der Waals surface area contributed by atoms with E-state index in [1.54, 1.807) is 0 Å². The molecule has 5 nitrogen and oxygen atoms in total. The molecule has 1 aliphatic heterocycles. The third-order valence-electron chi connectivity index (χ3n) is 2.56. The molecule has 84 valence electrons. The zero-order valence-electron chi connectivity index (χ0n) is 8.89. The zero-order chi connectivity index (χ0) is 10.7. The van der Waals surface area contributed by atoms with E-state index >= 15 is 0 Å². The molecule has 1 fully saturated rings. The summed E-state index contributed by atoms with van der Waals surface area (Å²) in [6, 6.07) is 0.0710. The molecule has 1 aliphatic rings. The lowest BCUT2D eigenvalue weighted by atomic mass is 10.2. The highest BCUT2D eigenvalue weighted by Gasteiger charge is 2.24. The first-order chi connectivity index (χ1) is 7.25. The van der Waals surface area contributed by atoms with Crippen molar-refractivity contribution in [2.24, 2.45) is 0 Å². The van der Waals surface area contributed by atoms with Crippen LogP contribution in [0.15, 0.2) is 12.4 Å². The Morgan fingerprint density at radius 3 is 3.13 bits per heavy atom. The minimum absolute atomic E-state index is 0.0710. The van der Waals surface area contributed by atoms with E-state index in [1.165, 1.54) is 5.56 Å². The second kappa shape index (κ2) is 4.74. The van der Waals surface area contributed by atoms with E-state index in [0.717, 1.165) is 13.1 Å². The molecule has 0 spiro atoms. The Bertz CT molecular complexity index is 313. The number of hydrogen-bond donors (Lipinski definition) is 2. The van der Waals surface area contributed by atoms with Crippen molar-refractivity contribution >= 4 is 0 Å². The van der Waals surface area contributed by atoms with Gasteiger partial charge in [-0.25, -0.2) is 0 Å². The molecule has 2 unspecified atom stereocenters. The van der Waals surface area contributed by atoms with Gasteiger partial charge in [0, 0.05) is 12.7 Å². The van der Waals surface area contributed by atoms with Crippen molar-refractivity contribution in [3.05, 3.63) is 18.0 Å². The van der Waals surface area contributed by atoms with Crippen LogP contribution in [0.4, 0.5) is 0 Å². The molecular formula is C10H17N3O2. The fourth-order valence-electron chi connectivity index (χ4n) is 1.69. The van der Waals surface area contributed by atoms with Gasteiger partial charge in [0.1, 0.15) is 0 Å². The van der Waals surface area contributed by atoms with Gasteiger partial charge in [-0.2, -0.15) is 5.10 Å². The summed E-state index contributed by atoms with van der Waals surface area (Å²) in [7, 11) is 0. The molecule has 0 saturated carbocycles. The second-order valence-corrected chi connectivity index (χ2v) is 3.95. The number of nitrogens with zero attached hydrogens (tertiary/aromatic N) is 2. The van der Waals surface area contributed by atoms with E-state index in [0.29, 0.717) is 13.2 Å². The lowest BCUT2D eigenvalue weighted by Gasteiger charge is -2.14. The summed E-state index contributed by atoms with van der Waals surface area (Å²) in [5.41, 5.74) is 1.17. The summed E-state index contributed by atoms with van der Waals surface area (Å²) >= 11 is 0. The van der Waals surface area contributed by atoms with E-state index < -0.39 is 0 Å². The number of nitrogens with one attached hydrogen (secondary N) is 1. The zero-order valence-corrected chi connectivity index (χ0v) is 8.89. The highest BCUT2D eigenvalue weighted by atomic mass is 16.5. The fraction of sp³-hybridized carbons (Fsp3) is 0.700. The quantitative estimate of drug-likeness (QED) is 0.707. The molecule has 0 bridgehead atoms. The second-order valence-electron chi connectivity index (χ2n) is 3.95. The molecule has 15 heavy (non-hydrogen) atoms. The number of aryl methyl sites for hydroxylation is 1. The Hall–Kier alpha value is -0.910. The van der Waals surface area contributed by atoms with Crippen LogP contribution in [0.25, 0.3) is 0 Å². The first-order valence-corrected chi connectivity index (χ1v) is 5.24. The summed E-state index contributed by atoms with van der Waals surface area (Å²) in [5.74, 6) is 0. The number of hydrogen-bond acceptors (Lipinski definition) is 4. The van der Waals surface area contributed by atoms with Gasteiger partial charge in [-0.1, -0.05) is 0 Å². The summed E-state index contributed by atoms with van der Waals surface area (Å²) in [6.45, 7) is 4.67. The fourth-order valence-corrected chi connectivity index (χ4v) is 1.69. The van der Waals surface area contributed by atoms with Crippen molar-refractivity contribution < 1.29 is 9.84 Å². The van der Waals surface area contributed by atoms with E-state index in [2.05, 4.69) is 10.4 Å². The number of ether oxygens (including phenoxy) is 1. The Labute approximate surface area is 89.0 Å². The monoisotopic (exact) mass is 211 g/mol. The molecule has 2 N–H and O–H groups in total. The first-order valence-electron chi connectivity index (χ1n) is 5.24. The van der Waals surface area contributed by atoms with Gasteiger partial charge in [0.2, 0.25) is 0 Å². The summed E-state index contributed by atoms with van der Waals surface area (Å²) in [5, 5.41) is 16.9. The van der Waals surface area contributed by atoms with Crippen LogP contribution in [0.5, 0.6) is 0 Å². The van der Waals surface area contributed by atoms with Gasteiger partial charge >= 0.3 is 0 Å². The maximum Gasteiger partial charge on any atom is 0.0948 e. The molecule has 0 radical (unpaired) electrons. The van der Waals surface area contributed by atoms with Gasteiger partial charge in [-0.3, -0.25) is 4.68 Å². The third-order valence-corrected chi connectivity index (χ3v) is 2.56. The summed E-state index contributed by atoms with van der Waals surface area (Å²) in [4.78, 5) is 0. The number of rotatable bonds is 4. The molecule has 1 saturated heterocycles. The highest BCUT2D eigenvalue weighted by molar-refractivity contribution is 4.99. The largest absolute Gasteiger partial charge is 0.389 e. The number of aromatic nitrogens is 2. The Morgan fingerprint density at radius 2 is 2.53 bits per heavy atom. The lowest BCUT2D eigenvalue weighted by Crippen LogP contribution is -2.40. The van der Waals surface area contributed by atoms with Gasteiger partial charge in [0.25, 0.3) is 0 Å². The van der Waals surface area contributed by atoms with Gasteiger partial charge in [-0.15, -0.1) is 0 Å². The molecule has 2 heterocycles. The average molecular weight is 211 g/mol. The molecule has 2 atom stereocenters. The number of aliphatic hydroxyl groups excluding tert-OH is 1. The van der Waals surface area contributed by atoms with Crippen LogP contribution in [-0.4, -0.2) is 46.8 Å². The summed E-state index contributed by atoms with van der Waals surface area (Å²) < 4.78 is 7.03. The maximum absolute atomic E-state index is 9.48. The Morgan fingerprint density at radius 1 is 1.67 bits per heavy atom. The summed E-state index contributed by atoms with van der Waals surface area (Å²) in [6.07, 6.45) is 3.47. The van der Waals surface area contributed by atoms with Crippen molar-refractivity contribution in [1.82, 2.24) is 15.1 Å². The topological polar surface area (TPSA) is 59.3 Å². The molecular weight excluding hydrogens is 194 g/mol. The van der Waals surface area contributed by atoms with Gasteiger partial charge in [0.05, 0.1) is 38.1 Å². The van der Waals surface area contributed by atoms with Crippen LogP contribution in [0.3, 0.4) is 0 Å². The standard InChI is InChI=1S/C10H17N3O2/c1-8-4-12-13(5-8)3-2-11-9-6-15-7-10(9)14/h4-5,9-11,14H,2-3,6-7H2,1H3. The van der Waals surface area contributed by atoms with Crippen molar-refractivity contribution in [3.63, 3.8) is 0 Å². The van der Waals surface area contributed by atoms with E-state index in [1.807, 2.05) is 24.0 Å². The van der Waals surface area contributed by atoms with Crippen LogP contribution in [-0.2, 0) is 11.3 Å². The SMILES string of the molecule is Cc1cnn(CCNC2COCC2O)c1.